The standard InChI is InChI=1S/C28H45NO6/c1-28(2,3)35-27(32)19-21-33-22-20-29-25(30)17-13-8-6-4-5-7-9-14-18-26(31)34-23-24-15-11-10-12-16-24/h10-12,15-16H,4-9,13-14,17-23H2,1-3H3,(H,29,30). The van der Waals surface area contributed by atoms with Crippen molar-refractivity contribution in [2.75, 3.05) is 19.8 Å². The van der Waals surface area contributed by atoms with Crippen molar-refractivity contribution < 1.29 is 28.6 Å². The zero-order valence-electron chi connectivity index (χ0n) is 21.9. The van der Waals surface area contributed by atoms with E-state index in [2.05, 4.69) is 5.32 Å². The molecule has 1 aromatic carbocycles. The fraction of sp³-hybridized carbons (Fsp3) is 0.679. The van der Waals surface area contributed by atoms with Gasteiger partial charge in [-0.2, -0.15) is 0 Å². The summed E-state index contributed by atoms with van der Waals surface area (Å²) in [6.07, 6.45) is 9.65. The number of hydrogen-bond donors (Lipinski definition) is 1. The summed E-state index contributed by atoms with van der Waals surface area (Å²) in [4.78, 5) is 35.2. The SMILES string of the molecule is CC(C)(C)OC(=O)CCOCCNC(=O)CCCCCCCCCCC(=O)OCc1ccccc1. The number of esters is 2. The minimum Gasteiger partial charge on any atom is -0.461 e. The molecule has 0 aliphatic heterocycles. The molecule has 1 N–H and O–H groups in total. The Morgan fingerprint density at radius 2 is 1.34 bits per heavy atom. The quantitative estimate of drug-likeness (QED) is 0.203. The van der Waals surface area contributed by atoms with Gasteiger partial charge in [0.25, 0.3) is 0 Å². The normalized spacial score (nSPS) is 11.2. The first-order chi connectivity index (χ1) is 16.8. The highest BCUT2D eigenvalue weighted by molar-refractivity contribution is 5.75. The zero-order valence-corrected chi connectivity index (χ0v) is 21.9. The van der Waals surface area contributed by atoms with Crippen LogP contribution in [-0.2, 0) is 35.2 Å². The highest BCUT2D eigenvalue weighted by atomic mass is 16.6. The van der Waals surface area contributed by atoms with E-state index in [0.29, 0.717) is 39.2 Å². The molecule has 7 nitrogen and oxygen atoms in total. The Balaban J connectivity index is 1.83. The highest BCUT2D eigenvalue weighted by Gasteiger charge is 2.15. The first-order valence-electron chi connectivity index (χ1n) is 13.0. The highest BCUT2D eigenvalue weighted by Crippen LogP contribution is 2.12. The van der Waals surface area contributed by atoms with Gasteiger partial charge in [-0.1, -0.05) is 68.9 Å². The average Bonchev–Trinajstić information content (AvgIpc) is 2.80. The maximum absolute atomic E-state index is 11.9. The molecule has 1 rings (SSSR count). The van der Waals surface area contributed by atoms with Crippen LogP contribution in [0, 0.1) is 0 Å². The first-order valence-corrected chi connectivity index (χ1v) is 13.0. The van der Waals surface area contributed by atoms with Gasteiger partial charge >= 0.3 is 11.9 Å². The Labute approximate surface area is 211 Å². The van der Waals surface area contributed by atoms with Crippen molar-refractivity contribution in [3.8, 4) is 0 Å². The minimum absolute atomic E-state index is 0.0416. The van der Waals surface area contributed by atoms with Gasteiger partial charge < -0.3 is 19.5 Å². The van der Waals surface area contributed by atoms with Crippen molar-refractivity contribution >= 4 is 17.8 Å². The Bertz CT molecular complexity index is 714. The van der Waals surface area contributed by atoms with Gasteiger partial charge in [-0.3, -0.25) is 14.4 Å². The molecule has 0 unspecified atom stereocenters. The smallest absolute Gasteiger partial charge is 0.308 e. The van der Waals surface area contributed by atoms with Gasteiger partial charge in [-0.05, 0) is 39.2 Å². The fourth-order valence-corrected chi connectivity index (χ4v) is 3.43. The van der Waals surface area contributed by atoms with Gasteiger partial charge in [0.05, 0.1) is 19.6 Å². The Morgan fingerprint density at radius 3 is 1.97 bits per heavy atom. The van der Waals surface area contributed by atoms with E-state index in [4.69, 9.17) is 14.2 Å². The van der Waals surface area contributed by atoms with E-state index in [1.165, 1.54) is 0 Å². The number of carbonyl (C=O) groups excluding carboxylic acids is 3. The molecule has 0 heterocycles. The summed E-state index contributed by atoms with van der Waals surface area (Å²) < 4.78 is 15.9. The van der Waals surface area contributed by atoms with Gasteiger partial charge in [-0.15, -0.1) is 0 Å². The molecule has 0 aliphatic rings. The molecule has 0 aliphatic carbocycles. The summed E-state index contributed by atoms with van der Waals surface area (Å²) >= 11 is 0. The average molecular weight is 492 g/mol. The molecule has 1 amide bonds. The number of amides is 1. The summed E-state index contributed by atoms with van der Waals surface area (Å²) in [6, 6.07) is 9.73. The summed E-state index contributed by atoms with van der Waals surface area (Å²) in [5.41, 5.74) is 0.533. The van der Waals surface area contributed by atoms with Crippen LogP contribution in [0.25, 0.3) is 0 Å². The van der Waals surface area contributed by atoms with E-state index >= 15 is 0 Å². The predicted molar refractivity (Wildman–Crippen MR) is 137 cm³/mol. The van der Waals surface area contributed by atoms with Crippen LogP contribution in [0.4, 0.5) is 0 Å². The molecule has 1 aromatic rings. The van der Waals surface area contributed by atoms with Crippen LogP contribution in [0.1, 0.15) is 97.0 Å². The lowest BCUT2D eigenvalue weighted by atomic mass is 10.1. The molecule has 0 atom stereocenters. The number of carbonyl (C=O) groups is 3. The Hall–Kier alpha value is -2.41. The largest absolute Gasteiger partial charge is 0.461 e. The predicted octanol–water partition coefficient (Wildman–Crippen LogP) is 5.50. The van der Waals surface area contributed by atoms with Gasteiger partial charge in [0.15, 0.2) is 0 Å². The number of nitrogens with one attached hydrogen (secondary N) is 1. The second kappa shape index (κ2) is 18.9. The molecular formula is C28H45NO6. The van der Waals surface area contributed by atoms with Crippen LogP contribution in [0.5, 0.6) is 0 Å². The van der Waals surface area contributed by atoms with Crippen LogP contribution < -0.4 is 5.32 Å². The lowest BCUT2D eigenvalue weighted by molar-refractivity contribution is -0.156. The number of benzene rings is 1. The lowest BCUT2D eigenvalue weighted by Crippen LogP contribution is -2.27. The van der Waals surface area contributed by atoms with Crippen molar-refractivity contribution in [3.63, 3.8) is 0 Å². The van der Waals surface area contributed by atoms with E-state index in [9.17, 15) is 14.4 Å². The van der Waals surface area contributed by atoms with E-state index in [-0.39, 0.29) is 24.3 Å². The summed E-state index contributed by atoms with van der Waals surface area (Å²) in [5.74, 6) is -0.361. The lowest BCUT2D eigenvalue weighted by Gasteiger charge is -2.19. The molecule has 35 heavy (non-hydrogen) atoms. The summed E-state index contributed by atoms with van der Waals surface area (Å²) in [5, 5.41) is 2.84. The molecule has 0 saturated carbocycles. The zero-order chi connectivity index (χ0) is 25.8. The second-order valence-corrected chi connectivity index (χ2v) is 9.77. The molecule has 7 heteroatoms. The van der Waals surface area contributed by atoms with Crippen LogP contribution in [0.2, 0.25) is 0 Å². The molecule has 0 bridgehead atoms. The van der Waals surface area contributed by atoms with Crippen molar-refractivity contribution in [1.29, 1.82) is 0 Å². The Morgan fingerprint density at radius 1 is 0.743 bits per heavy atom. The van der Waals surface area contributed by atoms with Crippen LogP contribution in [0.3, 0.4) is 0 Å². The molecule has 0 fully saturated rings. The summed E-state index contributed by atoms with van der Waals surface area (Å²) in [7, 11) is 0. The van der Waals surface area contributed by atoms with Gasteiger partial charge in [0.2, 0.25) is 5.91 Å². The molecule has 198 valence electrons. The molecule has 0 saturated heterocycles. The van der Waals surface area contributed by atoms with E-state index in [1.54, 1.807) is 0 Å². The second-order valence-electron chi connectivity index (χ2n) is 9.77. The third-order valence-corrected chi connectivity index (χ3v) is 5.22. The van der Waals surface area contributed by atoms with Crippen molar-refractivity contribution in [3.05, 3.63) is 35.9 Å². The number of ether oxygens (including phenoxy) is 3. The summed E-state index contributed by atoms with van der Waals surface area (Å²) in [6.45, 7) is 6.98. The number of unbranched alkanes of at least 4 members (excludes halogenated alkanes) is 7. The molecule has 0 aromatic heterocycles. The number of rotatable bonds is 19. The maximum atomic E-state index is 11.9. The van der Waals surface area contributed by atoms with Gasteiger partial charge in [-0.25, -0.2) is 0 Å². The Kier molecular flexibility index (Phi) is 16.5. The molecular weight excluding hydrogens is 446 g/mol. The van der Waals surface area contributed by atoms with E-state index in [1.807, 2.05) is 51.1 Å². The van der Waals surface area contributed by atoms with Crippen molar-refractivity contribution in [2.45, 2.75) is 104 Å². The first kappa shape index (κ1) is 30.6. The van der Waals surface area contributed by atoms with E-state index in [0.717, 1.165) is 56.9 Å². The van der Waals surface area contributed by atoms with Gasteiger partial charge in [0.1, 0.15) is 12.2 Å². The number of hydrogen-bond acceptors (Lipinski definition) is 6. The fourth-order valence-electron chi connectivity index (χ4n) is 3.43. The van der Waals surface area contributed by atoms with Crippen LogP contribution in [0.15, 0.2) is 30.3 Å². The molecule has 0 radical (unpaired) electrons. The van der Waals surface area contributed by atoms with E-state index < -0.39 is 5.60 Å². The minimum atomic E-state index is -0.481. The van der Waals surface area contributed by atoms with Gasteiger partial charge in [0, 0.05) is 19.4 Å². The van der Waals surface area contributed by atoms with Crippen LogP contribution in [-0.4, -0.2) is 43.2 Å². The van der Waals surface area contributed by atoms with Crippen molar-refractivity contribution in [1.82, 2.24) is 5.32 Å². The third kappa shape index (κ3) is 19.6. The van der Waals surface area contributed by atoms with Crippen LogP contribution >= 0.6 is 0 Å². The van der Waals surface area contributed by atoms with Crippen molar-refractivity contribution in [2.24, 2.45) is 0 Å². The topological polar surface area (TPSA) is 90.9 Å². The third-order valence-electron chi connectivity index (χ3n) is 5.22. The molecule has 0 spiro atoms. The maximum Gasteiger partial charge on any atom is 0.308 e. The monoisotopic (exact) mass is 491 g/mol.